The summed E-state index contributed by atoms with van der Waals surface area (Å²) in [7, 11) is 0. The van der Waals surface area contributed by atoms with E-state index < -0.39 is 24.8 Å². The highest BCUT2D eigenvalue weighted by molar-refractivity contribution is 6.00. The van der Waals surface area contributed by atoms with Crippen LogP contribution in [0.15, 0.2) is 24.3 Å². The number of halogens is 3. The molecule has 7 heteroatoms. The highest BCUT2D eigenvalue weighted by Gasteiger charge is 2.51. The molecule has 2 aliphatic rings. The Bertz CT molecular complexity index is 679. The number of hydrogen-bond acceptors (Lipinski definition) is 3. The van der Waals surface area contributed by atoms with Gasteiger partial charge in [-0.3, -0.25) is 4.79 Å². The van der Waals surface area contributed by atoms with Crippen molar-refractivity contribution in [3.63, 3.8) is 0 Å². The predicted octanol–water partition coefficient (Wildman–Crippen LogP) is 4.85. The fourth-order valence-electron chi connectivity index (χ4n) is 4.45. The summed E-state index contributed by atoms with van der Waals surface area (Å²) in [5.41, 5.74) is -0.287. The van der Waals surface area contributed by atoms with E-state index in [0.29, 0.717) is 38.0 Å². The van der Waals surface area contributed by atoms with Gasteiger partial charge in [0.05, 0.1) is 24.0 Å². The number of alkyl halides is 3. The summed E-state index contributed by atoms with van der Waals surface area (Å²) < 4.78 is 41.7. The second kappa shape index (κ2) is 7.93. The molecule has 1 amide bonds. The van der Waals surface area contributed by atoms with Gasteiger partial charge in [-0.1, -0.05) is 13.3 Å². The molecule has 156 valence electrons. The number of carbonyl (C=O) groups is 1. The Kier molecular flexibility index (Phi) is 5.94. The highest BCUT2D eigenvalue weighted by atomic mass is 19.4. The molecule has 1 N–H and O–H groups in total. The van der Waals surface area contributed by atoms with Crippen LogP contribution in [0.4, 0.5) is 18.9 Å². The average molecular weight is 399 g/mol. The topological polar surface area (TPSA) is 49.8 Å². The molecule has 0 unspecified atom stereocenters. The number of ether oxygens (including phenoxy) is 1. The zero-order valence-electron chi connectivity index (χ0n) is 16.2. The second-order valence-electron chi connectivity index (χ2n) is 8.17. The largest absolute Gasteiger partial charge is 0.493 e. The molecule has 0 bridgehead atoms. The third-order valence-electron chi connectivity index (χ3n) is 6.17. The Morgan fingerprint density at radius 1 is 1.11 bits per heavy atom. The van der Waals surface area contributed by atoms with Crippen molar-refractivity contribution in [3.05, 3.63) is 24.3 Å². The third kappa shape index (κ3) is 4.62. The molecular weight excluding hydrogens is 371 g/mol. The number of nitrogens with zero attached hydrogens (tertiary/aromatic N) is 1. The van der Waals surface area contributed by atoms with E-state index in [4.69, 9.17) is 4.74 Å². The molecule has 0 radical (unpaired) electrons. The predicted molar refractivity (Wildman–Crippen MR) is 100 cm³/mol. The van der Waals surface area contributed by atoms with Gasteiger partial charge in [0.15, 0.2) is 0 Å². The minimum Gasteiger partial charge on any atom is -0.493 e. The first-order chi connectivity index (χ1) is 13.2. The molecule has 1 heterocycles. The van der Waals surface area contributed by atoms with Crippen LogP contribution in [0.1, 0.15) is 58.3 Å². The Balaban J connectivity index is 1.59. The van der Waals surface area contributed by atoms with Crippen molar-refractivity contribution in [1.29, 1.82) is 0 Å². The van der Waals surface area contributed by atoms with E-state index in [1.165, 1.54) is 0 Å². The van der Waals surface area contributed by atoms with Gasteiger partial charge < -0.3 is 14.7 Å². The molecule has 1 aliphatic carbocycles. The average Bonchev–Trinajstić information content (AvgIpc) is 2.95. The van der Waals surface area contributed by atoms with Crippen molar-refractivity contribution in [2.45, 2.75) is 70.1 Å². The van der Waals surface area contributed by atoms with Gasteiger partial charge in [-0.2, -0.15) is 13.2 Å². The van der Waals surface area contributed by atoms with E-state index in [2.05, 4.69) is 6.92 Å². The maximum atomic E-state index is 13.1. The molecule has 2 fully saturated rings. The number of carbonyl (C=O) groups excluding carboxylic acids is 1. The SMILES string of the molecule is CCCC1(O)CCC2(CCN(c3ccc(OCCC(F)(F)F)cc3)C2=O)CC1. The Labute approximate surface area is 163 Å². The fraction of sp³-hybridized carbons (Fsp3) is 0.667. The zero-order valence-corrected chi connectivity index (χ0v) is 16.2. The first-order valence-corrected chi connectivity index (χ1v) is 10.0. The monoisotopic (exact) mass is 399 g/mol. The molecule has 1 spiro atoms. The van der Waals surface area contributed by atoms with Gasteiger partial charge in [0.2, 0.25) is 5.91 Å². The summed E-state index contributed by atoms with van der Waals surface area (Å²) in [6.07, 6.45) is -0.0187. The molecule has 4 nitrogen and oxygen atoms in total. The van der Waals surface area contributed by atoms with Crippen LogP contribution in [0.3, 0.4) is 0 Å². The number of anilines is 1. The fourth-order valence-corrected chi connectivity index (χ4v) is 4.45. The summed E-state index contributed by atoms with van der Waals surface area (Å²) in [5, 5.41) is 10.6. The standard InChI is InChI=1S/C21H28F3NO3/c1-2-7-20(27)10-8-19(9-11-20)12-14-25(18(19)26)16-3-5-17(6-4-16)28-15-13-21(22,23)24/h3-6,27H,2,7-15H2,1H3. The summed E-state index contributed by atoms with van der Waals surface area (Å²) in [6, 6.07) is 6.64. The van der Waals surface area contributed by atoms with Crippen molar-refractivity contribution in [1.82, 2.24) is 0 Å². The lowest BCUT2D eigenvalue weighted by molar-refractivity contribution is -0.139. The second-order valence-corrected chi connectivity index (χ2v) is 8.17. The molecule has 28 heavy (non-hydrogen) atoms. The maximum Gasteiger partial charge on any atom is 0.392 e. The molecule has 1 aliphatic heterocycles. The number of amides is 1. The molecule has 0 atom stereocenters. The van der Waals surface area contributed by atoms with Crippen molar-refractivity contribution in [2.75, 3.05) is 18.1 Å². The van der Waals surface area contributed by atoms with Gasteiger partial charge in [0, 0.05) is 12.2 Å². The molecule has 1 aromatic rings. The maximum absolute atomic E-state index is 13.1. The Morgan fingerprint density at radius 2 is 1.75 bits per heavy atom. The number of benzene rings is 1. The van der Waals surface area contributed by atoms with E-state index >= 15 is 0 Å². The first-order valence-electron chi connectivity index (χ1n) is 10.0. The van der Waals surface area contributed by atoms with E-state index in [1.807, 2.05) is 0 Å². The first kappa shape index (κ1) is 21.0. The summed E-state index contributed by atoms with van der Waals surface area (Å²) in [5.74, 6) is 0.452. The highest BCUT2D eigenvalue weighted by Crippen LogP contribution is 2.49. The van der Waals surface area contributed by atoms with E-state index in [0.717, 1.165) is 24.9 Å². The molecule has 1 saturated heterocycles. The van der Waals surface area contributed by atoms with Crippen LogP contribution in [0.2, 0.25) is 0 Å². The Hall–Kier alpha value is -1.76. The van der Waals surface area contributed by atoms with Crippen LogP contribution >= 0.6 is 0 Å². The minimum atomic E-state index is -4.24. The quantitative estimate of drug-likeness (QED) is 0.744. The van der Waals surface area contributed by atoms with Gasteiger partial charge in [-0.15, -0.1) is 0 Å². The molecule has 0 aromatic heterocycles. The lowest BCUT2D eigenvalue weighted by atomic mass is 9.67. The van der Waals surface area contributed by atoms with Gasteiger partial charge >= 0.3 is 6.18 Å². The van der Waals surface area contributed by atoms with Crippen molar-refractivity contribution in [2.24, 2.45) is 5.41 Å². The van der Waals surface area contributed by atoms with E-state index in [9.17, 15) is 23.1 Å². The molecule has 1 aromatic carbocycles. The summed E-state index contributed by atoms with van der Waals surface area (Å²) in [4.78, 5) is 14.9. The van der Waals surface area contributed by atoms with Crippen LogP contribution in [-0.2, 0) is 4.79 Å². The number of aliphatic hydroxyl groups is 1. The molecule has 1 saturated carbocycles. The molecular formula is C21H28F3NO3. The lowest BCUT2D eigenvalue weighted by Crippen LogP contribution is -2.43. The molecule has 3 rings (SSSR count). The Morgan fingerprint density at radius 3 is 2.32 bits per heavy atom. The van der Waals surface area contributed by atoms with Gasteiger partial charge in [-0.25, -0.2) is 0 Å². The van der Waals surface area contributed by atoms with Crippen LogP contribution in [0.25, 0.3) is 0 Å². The number of hydrogen-bond donors (Lipinski definition) is 1. The van der Waals surface area contributed by atoms with E-state index in [1.54, 1.807) is 29.2 Å². The number of rotatable bonds is 6. The smallest absolute Gasteiger partial charge is 0.392 e. The lowest BCUT2D eigenvalue weighted by Gasteiger charge is -2.41. The zero-order chi connectivity index (χ0) is 20.4. The van der Waals surface area contributed by atoms with Crippen LogP contribution in [0, 0.1) is 5.41 Å². The van der Waals surface area contributed by atoms with Gasteiger partial charge in [0.1, 0.15) is 5.75 Å². The van der Waals surface area contributed by atoms with Gasteiger partial charge in [-0.05, 0) is 62.8 Å². The summed E-state index contributed by atoms with van der Waals surface area (Å²) in [6.45, 7) is 2.26. The normalized spacial score (nSPS) is 28.2. The van der Waals surface area contributed by atoms with Crippen molar-refractivity contribution < 1.29 is 27.8 Å². The van der Waals surface area contributed by atoms with Crippen LogP contribution in [-0.4, -0.2) is 35.9 Å². The van der Waals surface area contributed by atoms with Crippen molar-refractivity contribution in [3.8, 4) is 5.75 Å². The summed E-state index contributed by atoms with van der Waals surface area (Å²) >= 11 is 0. The third-order valence-corrected chi connectivity index (χ3v) is 6.17. The van der Waals surface area contributed by atoms with Gasteiger partial charge in [0.25, 0.3) is 0 Å². The van der Waals surface area contributed by atoms with E-state index in [-0.39, 0.29) is 11.3 Å². The van der Waals surface area contributed by atoms with Crippen molar-refractivity contribution >= 4 is 11.6 Å². The van der Waals surface area contributed by atoms with Crippen LogP contribution < -0.4 is 9.64 Å². The minimum absolute atomic E-state index is 0.0942. The van der Waals surface area contributed by atoms with Crippen LogP contribution in [0.5, 0.6) is 5.75 Å².